The molecule has 0 aliphatic heterocycles. The number of thiazole rings is 1. The third-order valence-electron chi connectivity index (χ3n) is 3.78. The third kappa shape index (κ3) is 3.76. The van der Waals surface area contributed by atoms with Crippen LogP contribution in [0.2, 0.25) is 0 Å². The van der Waals surface area contributed by atoms with Gasteiger partial charge in [-0.05, 0) is 32.6 Å². The summed E-state index contributed by atoms with van der Waals surface area (Å²) < 4.78 is 0. The number of fused-ring (bicyclic) bond motifs is 1. The van der Waals surface area contributed by atoms with Crippen LogP contribution >= 0.6 is 11.3 Å². The van der Waals surface area contributed by atoms with E-state index < -0.39 is 0 Å². The van der Waals surface area contributed by atoms with E-state index in [1.807, 2.05) is 13.8 Å². The van der Waals surface area contributed by atoms with Crippen LogP contribution in [-0.2, 0) is 17.6 Å². The Morgan fingerprint density at radius 2 is 1.95 bits per heavy atom. The number of amides is 1. The molecule has 1 aromatic heterocycles. The van der Waals surface area contributed by atoms with Crippen molar-refractivity contribution < 1.29 is 4.79 Å². The van der Waals surface area contributed by atoms with E-state index in [0.29, 0.717) is 0 Å². The maximum absolute atomic E-state index is 12.0. The first-order valence-electron chi connectivity index (χ1n) is 7.13. The summed E-state index contributed by atoms with van der Waals surface area (Å²) in [6.07, 6.45) is 7.19. The van der Waals surface area contributed by atoms with Gasteiger partial charge in [0, 0.05) is 10.9 Å². The van der Waals surface area contributed by atoms with Crippen LogP contribution in [0.3, 0.4) is 0 Å². The number of aryl methyl sites for hydroxylation is 2. The summed E-state index contributed by atoms with van der Waals surface area (Å²) in [6, 6.07) is -0.138. The number of anilines is 1. The first-order valence-corrected chi connectivity index (χ1v) is 7.94. The van der Waals surface area contributed by atoms with Crippen molar-refractivity contribution >= 4 is 22.4 Å². The summed E-state index contributed by atoms with van der Waals surface area (Å²) in [5, 5.41) is 3.65. The predicted octanol–water partition coefficient (Wildman–Crippen LogP) is 2.72. The number of hydrogen-bond donors (Lipinski definition) is 2. The number of nitrogens with one attached hydrogen (secondary N) is 1. The van der Waals surface area contributed by atoms with Crippen molar-refractivity contribution in [1.29, 1.82) is 0 Å². The summed E-state index contributed by atoms with van der Waals surface area (Å²) in [5.41, 5.74) is 6.94. The summed E-state index contributed by atoms with van der Waals surface area (Å²) in [7, 11) is 0. The fourth-order valence-electron chi connectivity index (χ4n) is 2.22. The normalized spacial score (nSPS) is 18.9. The van der Waals surface area contributed by atoms with E-state index in [2.05, 4.69) is 10.3 Å². The van der Waals surface area contributed by atoms with Crippen molar-refractivity contribution in [2.45, 2.75) is 58.4 Å². The van der Waals surface area contributed by atoms with Crippen LogP contribution in [0.4, 0.5) is 5.13 Å². The molecule has 1 aliphatic carbocycles. The lowest BCUT2D eigenvalue weighted by atomic mass is 10.0. The zero-order valence-electron chi connectivity index (χ0n) is 11.7. The standard InChI is InChI=1S/C14H23N3OS/c1-9(10(2)15)13(18)17-14-16-11-7-5-3-4-6-8-12(11)19-14/h9-10H,3-8,15H2,1-2H3,(H,16,17,18). The molecule has 0 spiro atoms. The van der Waals surface area contributed by atoms with E-state index in [0.717, 1.165) is 18.0 Å². The minimum absolute atomic E-state index is 0.0308. The minimum atomic E-state index is -0.188. The quantitative estimate of drug-likeness (QED) is 0.895. The van der Waals surface area contributed by atoms with Gasteiger partial charge in [0.15, 0.2) is 5.13 Å². The molecule has 19 heavy (non-hydrogen) atoms. The van der Waals surface area contributed by atoms with Crippen LogP contribution in [0, 0.1) is 5.92 Å². The highest BCUT2D eigenvalue weighted by atomic mass is 32.1. The van der Waals surface area contributed by atoms with Crippen LogP contribution in [-0.4, -0.2) is 16.9 Å². The molecule has 0 radical (unpaired) electrons. The molecular formula is C14H23N3OS. The maximum atomic E-state index is 12.0. The van der Waals surface area contributed by atoms with Gasteiger partial charge in [0.05, 0.1) is 11.6 Å². The molecule has 0 fully saturated rings. The Labute approximate surface area is 118 Å². The maximum Gasteiger partial charge on any atom is 0.230 e. The van der Waals surface area contributed by atoms with Gasteiger partial charge in [-0.2, -0.15) is 0 Å². The second kappa shape index (κ2) is 6.48. The molecule has 4 nitrogen and oxygen atoms in total. The van der Waals surface area contributed by atoms with Crippen molar-refractivity contribution in [2.75, 3.05) is 5.32 Å². The van der Waals surface area contributed by atoms with Crippen molar-refractivity contribution in [2.24, 2.45) is 11.7 Å². The Balaban J connectivity index is 2.05. The highest BCUT2D eigenvalue weighted by Gasteiger charge is 2.20. The lowest BCUT2D eigenvalue weighted by Crippen LogP contribution is -2.34. The Bertz CT molecular complexity index is 416. The monoisotopic (exact) mass is 281 g/mol. The van der Waals surface area contributed by atoms with Crippen molar-refractivity contribution in [1.82, 2.24) is 4.98 Å². The van der Waals surface area contributed by atoms with Crippen molar-refractivity contribution in [3.05, 3.63) is 10.6 Å². The molecule has 0 saturated heterocycles. The molecule has 5 heteroatoms. The highest BCUT2D eigenvalue weighted by molar-refractivity contribution is 7.15. The summed E-state index contributed by atoms with van der Waals surface area (Å²) in [4.78, 5) is 17.9. The predicted molar refractivity (Wildman–Crippen MR) is 79.4 cm³/mol. The van der Waals surface area contributed by atoms with Crippen molar-refractivity contribution in [3.8, 4) is 0 Å². The van der Waals surface area contributed by atoms with Gasteiger partial charge in [0.1, 0.15) is 0 Å². The zero-order valence-corrected chi connectivity index (χ0v) is 12.6. The average molecular weight is 281 g/mol. The van der Waals surface area contributed by atoms with E-state index in [4.69, 9.17) is 5.73 Å². The average Bonchev–Trinajstić information content (AvgIpc) is 2.69. The fraction of sp³-hybridized carbons (Fsp3) is 0.714. The molecule has 0 saturated carbocycles. The van der Waals surface area contributed by atoms with E-state index in [-0.39, 0.29) is 17.9 Å². The number of carbonyl (C=O) groups is 1. The van der Waals surface area contributed by atoms with Crippen LogP contribution < -0.4 is 11.1 Å². The topological polar surface area (TPSA) is 68.0 Å². The molecule has 1 aliphatic rings. The number of hydrogen-bond acceptors (Lipinski definition) is 4. The molecule has 1 amide bonds. The summed E-state index contributed by atoms with van der Waals surface area (Å²) in [5.74, 6) is -0.219. The van der Waals surface area contributed by atoms with Gasteiger partial charge in [0.25, 0.3) is 0 Å². The van der Waals surface area contributed by atoms with Gasteiger partial charge in [-0.3, -0.25) is 4.79 Å². The first-order chi connectivity index (χ1) is 9.08. The van der Waals surface area contributed by atoms with Crippen molar-refractivity contribution in [3.63, 3.8) is 0 Å². The number of nitrogens with zero attached hydrogens (tertiary/aromatic N) is 1. The fourth-order valence-corrected chi connectivity index (χ4v) is 3.27. The lowest BCUT2D eigenvalue weighted by Gasteiger charge is -2.13. The molecule has 0 bridgehead atoms. The van der Waals surface area contributed by atoms with Crippen LogP contribution in [0.25, 0.3) is 0 Å². The SMILES string of the molecule is CC(N)C(C)C(=O)Nc1nc2c(s1)CCCCCC2. The first kappa shape index (κ1) is 14.5. The molecule has 2 atom stereocenters. The van der Waals surface area contributed by atoms with Gasteiger partial charge >= 0.3 is 0 Å². The summed E-state index contributed by atoms with van der Waals surface area (Å²) in [6.45, 7) is 3.70. The number of carbonyl (C=O) groups excluding carboxylic acids is 1. The Hall–Kier alpha value is -0.940. The molecular weight excluding hydrogens is 258 g/mol. The van der Waals surface area contributed by atoms with Gasteiger partial charge in [-0.1, -0.05) is 19.8 Å². The Morgan fingerprint density at radius 3 is 2.63 bits per heavy atom. The lowest BCUT2D eigenvalue weighted by molar-refractivity contribution is -0.119. The highest BCUT2D eigenvalue weighted by Crippen LogP contribution is 2.28. The minimum Gasteiger partial charge on any atom is -0.327 e. The van der Waals surface area contributed by atoms with E-state index >= 15 is 0 Å². The molecule has 106 valence electrons. The smallest absolute Gasteiger partial charge is 0.230 e. The van der Waals surface area contributed by atoms with Gasteiger partial charge in [-0.25, -0.2) is 4.98 Å². The number of nitrogens with two attached hydrogens (primary N) is 1. The zero-order chi connectivity index (χ0) is 13.8. The van der Waals surface area contributed by atoms with E-state index in [1.54, 1.807) is 11.3 Å². The number of rotatable bonds is 3. The van der Waals surface area contributed by atoms with Crippen LogP contribution in [0.15, 0.2) is 0 Å². The third-order valence-corrected chi connectivity index (χ3v) is 4.85. The number of aromatic nitrogens is 1. The molecule has 1 heterocycles. The van der Waals surface area contributed by atoms with Gasteiger partial charge < -0.3 is 11.1 Å². The molecule has 3 N–H and O–H groups in total. The van der Waals surface area contributed by atoms with E-state index in [9.17, 15) is 4.79 Å². The molecule has 1 aromatic rings. The second-order valence-electron chi connectivity index (χ2n) is 5.44. The van der Waals surface area contributed by atoms with Gasteiger partial charge in [0.2, 0.25) is 5.91 Å². The van der Waals surface area contributed by atoms with E-state index in [1.165, 1.54) is 36.3 Å². The Morgan fingerprint density at radius 1 is 1.26 bits per heavy atom. The molecule has 2 rings (SSSR count). The Kier molecular flexibility index (Phi) is 4.93. The molecule has 0 aromatic carbocycles. The largest absolute Gasteiger partial charge is 0.327 e. The summed E-state index contributed by atoms with van der Waals surface area (Å²) >= 11 is 1.63. The van der Waals surface area contributed by atoms with Gasteiger partial charge in [-0.15, -0.1) is 11.3 Å². The van der Waals surface area contributed by atoms with Crippen LogP contribution in [0.5, 0.6) is 0 Å². The molecule has 2 unspecified atom stereocenters. The van der Waals surface area contributed by atoms with Crippen LogP contribution in [0.1, 0.15) is 50.1 Å². The second-order valence-corrected chi connectivity index (χ2v) is 6.52.